The molecule has 2 heterocycles. The summed E-state index contributed by atoms with van der Waals surface area (Å²) in [5, 5.41) is 7.05. The highest BCUT2D eigenvalue weighted by Gasteiger charge is 2.24. The summed E-state index contributed by atoms with van der Waals surface area (Å²) in [4.78, 5) is 2.01. The van der Waals surface area contributed by atoms with Gasteiger partial charge in [0.05, 0.1) is 22.4 Å². The Morgan fingerprint density at radius 3 is 1.89 bits per heavy atom. The summed E-state index contributed by atoms with van der Waals surface area (Å²) in [6.07, 6.45) is 4.37. The van der Waals surface area contributed by atoms with E-state index in [1.165, 1.54) is 32.6 Å². The lowest BCUT2D eigenvalue weighted by atomic mass is 9.95. The van der Waals surface area contributed by atoms with Crippen molar-refractivity contribution in [2.24, 2.45) is 0 Å². The van der Waals surface area contributed by atoms with Crippen molar-refractivity contribution < 1.29 is 8.81 Å². The Kier molecular flexibility index (Phi) is 8.36. The Labute approximate surface area is 357 Å². The molecule has 0 amide bonds. The highest BCUT2D eigenvalue weighted by molar-refractivity contribution is 6.25. The van der Waals surface area contributed by atoms with E-state index >= 15 is 4.39 Å². The van der Waals surface area contributed by atoms with Crippen molar-refractivity contribution in [1.29, 1.82) is 0 Å². The average Bonchev–Trinajstić information content (AvgIpc) is 3.87. The van der Waals surface area contributed by atoms with Crippen LogP contribution in [-0.2, 0) is 0 Å². The Hall–Kier alpha value is -8.21. The molecule has 0 aliphatic rings. The van der Waals surface area contributed by atoms with Crippen molar-refractivity contribution in [1.82, 2.24) is 4.57 Å². The minimum Gasteiger partial charge on any atom is -0.456 e. The first-order chi connectivity index (χ1) is 30.7. The van der Waals surface area contributed by atoms with Crippen LogP contribution in [0.15, 0.2) is 217 Å². The van der Waals surface area contributed by atoms with E-state index < -0.39 is 0 Å². The number of nitrogens with zero attached hydrogens (tertiary/aromatic N) is 2. The van der Waals surface area contributed by atoms with Gasteiger partial charge >= 0.3 is 0 Å². The van der Waals surface area contributed by atoms with Gasteiger partial charge < -0.3 is 13.9 Å². The zero-order valence-electron chi connectivity index (χ0n) is 33.5. The van der Waals surface area contributed by atoms with Gasteiger partial charge in [-0.15, -0.1) is 0 Å². The Bertz CT molecular complexity index is 3630. The monoisotopic (exact) mass is 796 g/mol. The topological polar surface area (TPSA) is 21.3 Å². The lowest BCUT2D eigenvalue weighted by Crippen LogP contribution is -2.13. The number of rotatable bonds is 8. The van der Waals surface area contributed by atoms with Crippen LogP contribution in [0.3, 0.4) is 0 Å². The molecular formula is C58H37FN2O. The number of hydrogen-bond acceptors (Lipinski definition) is 2. The third-order valence-corrected chi connectivity index (χ3v) is 12.2. The van der Waals surface area contributed by atoms with Gasteiger partial charge in [-0.3, -0.25) is 0 Å². The van der Waals surface area contributed by atoms with Gasteiger partial charge in [-0.25, -0.2) is 4.39 Å². The van der Waals surface area contributed by atoms with Gasteiger partial charge in [0.15, 0.2) is 0 Å². The van der Waals surface area contributed by atoms with E-state index in [9.17, 15) is 0 Å². The molecule has 0 atom stereocenters. The summed E-state index contributed by atoms with van der Waals surface area (Å²) in [7, 11) is 0. The number of para-hydroxylation sites is 2. The number of hydrogen-bond donors (Lipinski definition) is 0. The van der Waals surface area contributed by atoms with Crippen LogP contribution >= 0.6 is 0 Å². The standard InChI is InChI=1S/C58H37FN2O/c59-51-36-43(39-14-5-1-6-15-39)35-50(40-16-7-2-8-17-40)58(51)60(44-19-9-3-10-20-44)46-29-32-49-48-30-25-38(34-54(48)62-55(49)37-46)24-26-41-28-33-53-57-47(41)31-27-42-18-13-23-52(56(42)57)61(53)45-21-11-4-12-22-45/h1-37H/b26-24+. The maximum absolute atomic E-state index is 17.0. The first kappa shape index (κ1) is 35.7. The van der Waals surface area contributed by atoms with E-state index in [2.05, 4.69) is 126 Å². The van der Waals surface area contributed by atoms with Crippen LogP contribution in [0.25, 0.3) is 94.6 Å². The number of anilines is 3. The fraction of sp³-hybridized carbons (Fsp3) is 0. The maximum Gasteiger partial charge on any atom is 0.148 e. The highest BCUT2D eigenvalue weighted by atomic mass is 19.1. The normalized spacial score (nSPS) is 11.9. The van der Waals surface area contributed by atoms with Crippen molar-refractivity contribution in [2.45, 2.75) is 0 Å². The molecule has 3 nitrogen and oxygen atoms in total. The van der Waals surface area contributed by atoms with Crippen LogP contribution < -0.4 is 4.90 Å². The van der Waals surface area contributed by atoms with Gasteiger partial charge in [0, 0.05) is 44.5 Å². The Morgan fingerprint density at radius 1 is 0.452 bits per heavy atom. The van der Waals surface area contributed by atoms with Crippen molar-refractivity contribution >= 4 is 83.7 Å². The second kappa shape index (κ2) is 14.5. The molecule has 0 fully saturated rings. The van der Waals surface area contributed by atoms with E-state index in [1.54, 1.807) is 6.07 Å². The molecule has 0 saturated heterocycles. The zero-order chi connectivity index (χ0) is 41.1. The summed E-state index contributed by atoms with van der Waals surface area (Å²) in [6, 6.07) is 72.5. The Morgan fingerprint density at radius 2 is 1.11 bits per heavy atom. The number of halogens is 1. The van der Waals surface area contributed by atoms with Gasteiger partial charge in [-0.1, -0.05) is 146 Å². The molecule has 0 saturated carbocycles. The molecule has 0 unspecified atom stereocenters. The maximum atomic E-state index is 17.0. The van der Waals surface area contributed by atoms with E-state index in [0.29, 0.717) is 5.69 Å². The molecule has 12 aromatic rings. The number of fused-ring (bicyclic) bond motifs is 3. The van der Waals surface area contributed by atoms with Gasteiger partial charge in [-0.05, 0) is 111 Å². The molecule has 2 aromatic heterocycles. The largest absolute Gasteiger partial charge is 0.456 e. The molecule has 0 aliphatic carbocycles. The zero-order valence-corrected chi connectivity index (χ0v) is 33.5. The van der Waals surface area contributed by atoms with E-state index in [1.807, 2.05) is 102 Å². The molecule has 0 aliphatic heterocycles. The average molecular weight is 797 g/mol. The van der Waals surface area contributed by atoms with Gasteiger partial charge in [-0.2, -0.15) is 0 Å². The summed E-state index contributed by atoms with van der Waals surface area (Å²) in [5.41, 5.74) is 12.9. The molecule has 12 rings (SSSR count). The fourth-order valence-corrected chi connectivity index (χ4v) is 9.37. The quantitative estimate of drug-likeness (QED) is 0.113. The lowest BCUT2D eigenvalue weighted by molar-refractivity contribution is 0.629. The number of aromatic nitrogens is 1. The predicted octanol–water partition coefficient (Wildman–Crippen LogP) is 16.4. The lowest BCUT2D eigenvalue weighted by Gasteiger charge is -2.28. The van der Waals surface area contributed by atoms with Crippen molar-refractivity contribution in [3.8, 4) is 27.9 Å². The van der Waals surface area contributed by atoms with Gasteiger partial charge in [0.1, 0.15) is 17.0 Å². The molecule has 10 aromatic carbocycles. The molecular weight excluding hydrogens is 760 g/mol. The highest BCUT2D eigenvalue weighted by Crippen LogP contribution is 2.46. The summed E-state index contributed by atoms with van der Waals surface area (Å²) in [6.45, 7) is 0. The molecule has 62 heavy (non-hydrogen) atoms. The number of benzene rings is 10. The predicted molar refractivity (Wildman–Crippen MR) is 258 cm³/mol. The molecule has 0 spiro atoms. The number of furan rings is 1. The van der Waals surface area contributed by atoms with Crippen LogP contribution in [0.4, 0.5) is 21.5 Å². The van der Waals surface area contributed by atoms with Crippen molar-refractivity contribution in [3.05, 3.63) is 229 Å². The molecule has 0 bridgehead atoms. The van der Waals surface area contributed by atoms with Gasteiger partial charge in [0.2, 0.25) is 0 Å². The first-order valence-corrected chi connectivity index (χ1v) is 20.9. The molecule has 292 valence electrons. The third kappa shape index (κ3) is 5.88. The summed E-state index contributed by atoms with van der Waals surface area (Å²) in [5.74, 6) is -0.318. The van der Waals surface area contributed by atoms with Crippen LogP contribution in [-0.4, -0.2) is 4.57 Å². The van der Waals surface area contributed by atoms with Crippen molar-refractivity contribution in [3.63, 3.8) is 0 Å². The van der Waals surface area contributed by atoms with Crippen LogP contribution in [0.2, 0.25) is 0 Å². The Balaban J connectivity index is 0.948. The molecule has 4 heteroatoms. The van der Waals surface area contributed by atoms with Crippen molar-refractivity contribution in [2.75, 3.05) is 4.90 Å². The fourth-order valence-electron chi connectivity index (χ4n) is 9.37. The smallest absolute Gasteiger partial charge is 0.148 e. The van der Waals surface area contributed by atoms with E-state index in [0.717, 1.165) is 72.4 Å². The van der Waals surface area contributed by atoms with Gasteiger partial charge in [0.25, 0.3) is 0 Å². The van der Waals surface area contributed by atoms with Crippen LogP contribution in [0, 0.1) is 5.82 Å². The summed E-state index contributed by atoms with van der Waals surface area (Å²) >= 11 is 0. The van der Waals surface area contributed by atoms with E-state index in [-0.39, 0.29) is 5.82 Å². The van der Waals surface area contributed by atoms with Crippen LogP contribution in [0.5, 0.6) is 0 Å². The SMILES string of the molecule is Fc1cc(-c2ccccc2)cc(-c2ccccc2)c1N(c1ccccc1)c1ccc2c(c1)oc1cc(/C=C/c3ccc4c5c3ccc3cccc(c35)n4-c3ccccc3)ccc12. The summed E-state index contributed by atoms with van der Waals surface area (Å²) < 4.78 is 26.1. The third-order valence-electron chi connectivity index (χ3n) is 12.2. The molecule has 0 radical (unpaired) electrons. The minimum absolute atomic E-state index is 0.318. The van der Waals surface area contributed by atoms with E-state index in [4.69, 9.17) is 4.42 Å². The second-order valence-corrected chi connectivity index (χ2v) is 15.8. The molecule has 0 N–H and O–H groups in total. The first-order valence-electron chi connectivity index (χ1n) is 20.9. The second-order valence-electron chi connectivity index (χ2n) is 15.8. The minimum atomic E-state index is -0.318. The van der Waals surface area contributed by atoms with Crippen LogP contribution in [0.1, 0.15) is 11.1 Å².